The highest BCUT2D eigenvalue weighted by Gasteiger charge is 2.01. The quantitative estimate of drug-likeness (QED) is 0.709. The molecule has 0 aliphatic heterocycles. The first-order chi connectivity index (χ1) is 8.24. The molecule has 0 amide bonds. The molecule has 0 aromatic heterocycles. The van der Waals surface area contributed by atoms with Crippen molar-refractivity contribution in [3.63, 3.8) is 0 Å². The molecule has 0 aliphatic rings. The van der Waals surface area contributed by atoms with Crippen molar-refractivity contribution < 1.29 is 5.11 Å². The third kappa shape index (κ3) is 6.20. The average Bonchev–Trinajstić information content (AvgIpc) is 2.32. The molecule has 4 heteroatoms. The number of benzene rings is 1. The minimum atomic E-state index is 0.310. The van der Waals surface area contributed by atoms with Gasteiger partial charge in [-0.15, -0.1) is 0 Å². The van der Waals surface area contributed by atoms with Crippen LogP contribution in [0.5, 0.6) is 5.75 Å². The first-order valence-electron chi connectivity index (χ1n) is 5.91. The molecule has 1 aromatic rings. The fourth-order valence-corrected chi connectivity index (χ4v) is 2.28. The molecular formula is C13H20ClNOS. The van der Waals surface area contributed by atoms with E-state index in [-0.39, 0.29) is 0 Å². The maximum absolute atomic E-state index is 9.61. The lowest BCUT2D eigenvalue weighted by Crippen LogP contribution is -2.14. The molecule has 17 heavy (non-hydrogen) atoms. The maximum Gasteiger partial charge on any atom is 0.120 e. The number of halogens is 1. The summed E-state index contributed by atoms with van der Waals surface area (Å²) in [7, 11) is 0. The van der Waals surface area contributed by atoms with Crippen molar-refractivity contribution in [1.29, 1.82) is 0 Å². The van der Waals surface area contributed by atoms with Crippen molar-refractivity contribution >= 4 is 23.4 Å². The van der Waals surface area contributed by atoms with E-state index in [9.17, 15) is 5.11 Å². The van der Waals surface area contributed by atoms with E-state index in [0.717, 1.165) is 12.1 Å². The van der Waals surface area contributed by atoms with Crippen LogP contribution in [0.25, 0.3) is 0 Å². The van der Waals surface area contributed by atoms with Crippen molar-refractivity contribution in [2.45, 2.75) is 25.8 Å². The summed E-state index contributed by atoms with van der Waals surface area (Å²) in [6, 6.07) is 5.14. The molecule has 0 heterocycles. The summed E-state index contributed by atoms with van der Waals surface area (Å²) in [4.78, 5) is 0. The second-order valence-electron chi connectivity index (χ2n) is 4.00. The monoisotopic (exact) mass is 273 g/mol. The van der Waals surface area contributed by atoms with E-state index in [1.807, 2.05) is 11.8 Å². The lowest BCUT2D eigenvalue weighted by molar-refractivity contribution is 0.464. The molecule has 1 aromatic carbocycles. The van der Waals surface area contributed by atoms with E-state index in [4.69, 9.17) is 11.6 Å². The number of hydrogen-bond acceptors (Lipinski definition) is 3. The van der Waals surface area contributed by atoms with Gasteiger partial charge in [0.2, 0.25) is 0 Å². The molecule has 0 bridgehead atoms. The normalized spacial score (nSPS) is 10.7. The van der Waals surface area contributed by atoms with Crippen LogP contribution in [0.3, 0.4) is 0 Å². The third-order valence-corrected chi connectivity index (χ3v) is 3.49. The minimum Gasteiger partial charge on any atom is -0.508 e. The summed E-state index contributed by atoms with van der Waals surface area (Å²) in [6.07, 6.45) is 5.86. The van der Waals surface area contributed by atoms with Gasteiger partial charge < -0.3 is 10.4 Å². The van der Waals surface area contributed by atoms with Gasteiger partial charge in [0.15, 0.2) is 0 Å². The predicted molar refractivity (Wildman–Crippen MR) is 77.1 cm³/mol. The van der Waals surface area contributed by atoms with Crippen LogP contribution in [-0.4, -0.2) is 23.7 Å². The number of rotatable bonds is 8. The van der Waals surface area contributed by atoms with Gasteiger partial charge in [0, 0.05) is 17.1 Å². The van der Waals surface area contributed by atoms with Gasteiger partial charge in [-0.25, -0.2) is 0 Å². The smallest absolute Gasteiger partial charge is 0.120 e. The van der Waals surface area contributed by atoms with Gasteiger partial charge in [-0.2, -0.15) is 11.8 Å². The Morgan fingerprint density at radius 2 is 2.12 bits per heavy atom. The van der Waals surface area contributed by atoms with Gasteiger partial charge >= 0.3 is 0 Å². The zero-order valence-electron chi connectivity index (χ0n) is 10.2. The molecule has 96 valence electrons. The van der Waals surface area contributed by atoms with Crippen molar-refractivity contribution in [3.8, 4) is 5.75 Å². The molecule has 2 N–H and O–H groups in total. The fraction of sp³-hybridized carbons (Fsp3) is 0.538. The largest absolute Gasteiger partial charge is 0.508 e. The van der Waals surface area contributed by atoms with Crippen LogP contribution in [0.15, 0.2) is 18.2 Å². The zero-order valence-corrected chi connectivity index (χ0v) is 11.8. The first kappa shape index (κ1) is 14.7. The number of nitrogens with one attached hydrogen (secondary N) is 1. The van der Waals surface area contributed by atoms with Crippen molar-refractivity contribution in [1.82, 2.24) is 5.32 Å². The summed E-state index contributed by atoms with van der Waals surface area (Å²) in [5.74, 6) is 1.55. The molecule has 2 nitrogen and oxygen atoms in total. The van der Waals surface area contributed by atoms with Crippen LogP contribution >= 0.6 is 23.4 Å². The van der Waals surface area contributed by atoms with Crippen molar-refractivity contribution in [2.24, 2.45) is 0 Å². The van der Waals surface area contributed by atoms with E-state index in [2.05, 4.69) is 11.6 Å². The summed E-state index contributed by atoms with van der Waals surface area (Å²) in [6.45, 7) is 1.66. The van der Waals surface area contributed by atoms with Crippen LogP contribution in [0.1, 0.15) is 24.8 Å². The number of phenolic OH excluding ortho intramolecular Hbond substituents is 1. The number of phenols is 1. The van der Waals surface area contributed by atoms with Crippen molar-refractivity contribution in [3.05, 3.63) is 28.8 Å². The number of aromatic hydroxyl groups is 1. The molecule has 0 spiro atoms. The third-order valence-electron chi connectivity index (χ3n) is 2.56. The Morgan fingerprint density at radius 1 is 1.29 bits per heavy atom. The van der Waals surface area contributed by atoms with Crippen molar-refractivity contribution in [2.75, 3.05) is 18.6 Å². The van der Waals surface area contributed by atoms with Gasteiger partial charge in [0.1, 0.15) is 5.75 Å². The first-order valence-corrected chi connectivity index (χ1v) is 7.68. The molecule has 0 unspecified atom stereocenters. The van der Waals surface area contributed by atoms with Crippen LogP contribution < -0.4 is 5.32 Å². The number of unbranched alkanes of at least 4 members (excludes halogenated alkanes) is 2. The molecule has 0 atom stereocenters. The summed E-state index contributed by atoms with van der Waals surface area (Å²) >= 11 is 7.77. The summed E-state index contributed by atoms with van der Waals surface area (Å²) < 4.78 is 0. The lowest BCUT2D eigenvalue weighted by Gasteiger charge is -2.07. The number of thioether (sulfide) groups is 1. The van der Waals surface area contributed by atoms with E-state index in [1.165, 1.54) is 25.0 Å². The Balaban J connectivity index is 2.15. The SMILES string of the molecule is CSCCCCCNCc1cc(Cl)ccc1O. The van der Waals surface area contributed by atoms with E-state index < -0.39 is 0 Å². The molecular weight excluding hydrogens is 254 g/mol. The van der Waals surface area contributed by atoms with E-state index >= 15 is 0 Å². The Kier molecular flexibility index (Phi) is 7.49. The van der Waals surface area contributed by atoms with Gasteiger partial charge in [0.05, 0.1) is 0 Å². The highest BCUT2D eigenvalue weighted by molar-refractivity contribution is 7.98. The minimum absolute atomic E-state index is 0.310. The van der Waals surface area contributed by atoms with Gasteiger partial charge in [-0.1, -0.05) is 18.0 Å². The Morgan fingerprint density at radius 3 is 2.88 bits per heavy atom. The Labute approximate surface area is 113 Å². The Hall–Kier alpha value is -0.380. The number of hydrogen-bond donors (Lipinski definition) is 2. The van der Waals surface area contributed by atoms with Gasteiger partial charge in [0.25, 0.3) is 0 Å². The Bertz CT molecular complexity index is 333. The molecule has 1 rings (SSSR count). The van der Waals surface area contributed by atoms with E-state index in [0.29, 0.717) is 17.3 Å². The lowest BCUT2D eigenvalue weighted by atomic mass is 10.2. The maximum atomic E-state index is 9.61. The van der Waals surface area contributed by atoms with Crippen LogP contribution in [0.4, 0.5) is 0 Å². The van der Waals surface area contributed by atoms with Crippen LogP contribution in [0, 0.1) is 0 Å². The average molecular weight is 274 g/mol. The van der Waals surface area contributed by atoms with Gasteiger partial charge in [-0.3, -0.25) is 0 Å². The molecule has 0 saturated carbocycles. The summed E-state index contributed by atoms with van der Waals surface area (Å²) in [5.41, 5.74) is 0.863. The van der Waals surface area contributed by atoms with Crippen LogP contribution in [-0.2, 0) is 6.54 Å². The topological polar surface area (TPSA) is 32.3 Å². The molecule has 0 aliphatic carbocycles. The zero-order chi connectivity index (χ0) is 12.5. The second kappa shape index (κ2) is 8.67. The molecule has 0 fully saturated rings. The fourth-order valence-electron chi connectivity index (χ4n) is 1.59. The van der Waals surface area contributed by atoms with E-state index in [1.54, 1.807) is 18.2 Å². The standard InChI is InChI=1S/C13H20ClNOS/c1-17-8-4-2-3-7-15-10-11-9-12(14)5-6-13(11)16/h5-6,9,15-16H,2-4,7-8,10H2,1H3. The second-order valence-corrected chi connectivity index (χ2v) is 5.43. The predicted octanol–water partition coefficient (Wildman–Crippen LogP) is 3.67. The highest BCUT2D eigenvalue weighted by Crippen LogP contribution is 2.21. The van der Waals surface area contributed by atoms with Gasteiger partial charge in [-0.05, 0) is 49.6 Å². The molecule has 0 saturated heterocycles. The van der Waals surface area contributed by atoms with Crippen LogP contribution in [0.2, 0.25) is 5.02 Å². The highest BCUT2D eigenvalue weighted by atomic mass is 35.5. The molecule has 0 radical (unpaired) electrons. The summed E-state index contributed by atoms with van der Waals surface area (Å²) in [5, 5.41) is 13.6.